The molecule has 0 aliphatic heterocycles. The molecular weight excluding hydrogens is 521 g/mol. The average Bonchev–Trinajstić information content (AvgIpc) is 3.36. The van der Waals surface area contributed by atoms with Crippen LogP contribution >= 0.6 is 46.4 Å². The zero-order valence-electron chi connectivity index (χ0n) is 17.8. The zero-order chi connectivity index (χ0) is 24.6. The molecule has 0 saturated heterocycles. The minimum Gasteiger partial charge on any atom is -0.326 e. The van der Waals surface area contributed by atoms with Gasteiger partial charge in [-0.1, -0.05) is 36.2 Å². The van der Waals surface area contributed by atoms with Gasteiger partial charge in [-0.25, -0.2) is 4.39 Å². The second-order valence-corrected chi connectivity index (χ2v) is 10.3. The first kappa shape index (κ1) is 24.8. The summed E-state index contributed by atoms with van der Waals surface area (Å²) in [4.78, 5) is 25.9. The summed E-state index contributed by atoms with van der Waals surface area (Å²) in [5.74, 6) is -2.37. The molecule has 34 heavy (non-hydrogen) atoms. The van der Waals surface area contributed by atoms with Crippen LogP contribution in [0.1, 0.15) is 34.3 Å². The molecule has 4 nitrogen and oxygen atoms in total. The molecule has 3 aromatic rings. The standard InChI is InChI=1S/C25H19Cl4FN2O2/c1-2-13-3-6-19(12-20(13)23(33)31-18-7-4-17(30)5-8-18)32-24(34)22-21(25(22,28)29)14-9-15(26)11-16(27)10-14/h3-12,21-22H,2H2,1H3,(H,31,33)(H,32,34)/t21-,22+/m0/s1. The van der Waals surface area contributed by atoms with E-state index >= 15 is 0 Å². The normalized spacial score (nSPS) is 18.3. The number of nitrogens with one attached hydrogen (secondary N) is 2. The Morgan fingerprint density at radius 2 is 1.53 bits per heavy atom. The lowest BCUT2D eigenvalue weighted by Crippen LogP contribution is -2.19. The van der Waals surface area contributed by atoms with Crippen molar-refractivity contribution in [2.75, 3.05) is 10.6 Å². The van der Waals surface area contributed by atoms with E-state index in [0.29, 0.717) is 39.0 Å². The van der Waals surface area contributed by atoms with Crippen molar-refractivity contribution in [3.8, 4) is 0 Å². The van der Waals surface area contributed by atoms with E-state index in [4.69, 9.17) is 46.4 Å². The van der Waals surface area contributed by atoms with Gasteiger partial charge in [0.25, 0.3) is 5.91 Å². The van der Waals surface area contributed by atoms with Crippen molar-refractivity contribution >= 4 is 69.6 Å². The van der Waals surface area contributed by atoms with E-state index in [1.54, 1.807) is 36.4 Å². The second kappa shape index (κ2) is 9.74. The highest BCUT2D eigenvalue weighted by atomic mass is 35.5. The number of benzene rings is 3. The van der Waals surface area contributed by atoms with Crippen LogP contribution in [0.4, 0.5) is 15.8 Å². The van der Waals surface area contributed by atoms with E-state index < -0.39 is 22.0 Å². The van der Waals surface area contributed by atoms with Crippen LogP contribution in [0, 0.1) is 11.7 Å². The Kier molecular flexibility index (Phi) is 7.11. The number of alkyl halides is 2. The van der Waals surface area contributed by atoms with Crippen molar-refractivity contribution < 1.29 is 14.0 Å². The molecule has 9 heteroatoms. The SMILES string of the molecule is CCc1ccc(NC(=O)[C@H]2[C@H](c3cc(Cl)cc(Cl)c3)C2(Cl)Cl)cc1C(=O)Nc1ccc(F)cc1. The third kappa shape index (κ3) is 5.18. The maximum atomic E-state index is 13.2. The van der Waals surface area contributed by atoms with Crippen LogP contribution in [-0.4, -0.2) is 16.1 Å². The Hall–Kier alpha value is -2.31. The first-order valence-electron chi connectivity index (χ1n) is 10.4. The molecule has 2 atom stereocenters. The molecular formula is C25H19Cl4FN2O2. The van der Waals surface area contributed by atoms with Gasteiger partial charge in [-0.2, -0.15) is 0 Å². The Bertz CT molecular complexity index is 1240. The van der Waals surface area contributed by atoms with Crippen LogP contribution in [0.25, 0.3) is 0 Å². The molecule has 0 aromatic heterocycles. The topological polar surface area (TPSA) is 58.2 Å². The minimum atomic E-state index is -1.32. The molecule has 1 aliphatic rings. The lowest BCUT2D eigenvalue weighted by Gasteiger charge is -2.12. The highest BCUT2D eigenvalue weighted by Crippen LogP contribution is 2.65. The van der Waals surface area contributed by atoms with Gasteiger partial charge in [0.2, 0.25) is 5.91 Å². The molecule has 3 aromatic carbocycles. The number of carbonyl (C=O) groups excluding carboxylic acids is 2. The van der Waals surface area contributed by atoms with Gasteiger partial charge in [0.1, 0.15) is 10.2 Å². The summed E-state index contributed by atoms with van der Waals surface area (Å²) in [6.07, 6.45) is 0.604. The highest BCUT2D eigenvalue weighted by Gasteiger charge is 2.67. The van der Waals surface area contributed by atoms with Crippen LogP contribution in [0.5, 0.6) is 0 Å². The van der Waals surface area contributed by atoms with Gasteiger partial charge in [0.15, 0.2) is 0 Å². The lowest BCUT2D eigenvalue weighted by atomic mass is 10.0. The predicted octanol–water partition coefficient (Wildman–Crippen LogP) is 7.47. The van der Waals surface area contributed by atoms with Crippen molar-refractivity contribution in [2.45, 2.75) is 23.6 Å². The number of aryl methyl sites for hydroxylation is 1. The summed E-state index contributed by atoms with van der Waals surface area (Å²) in [6.45, 7) is 1.92. The molecule has 1 saturated carbocycles. The van der Waals surface area contributed by atoms with Crippen molar-refractivity contribution in [3.05, 3.63) is 93.2 Å². The smallest absolute Gasteiger partial charge is 0.256 e. The fourth-order valence-electron chi connectivity index (χ4n) is 3.95. The minimum absolute atomic E-state index is 0.374. The molecule has 0 bridgehead atoms. The van der Waals surface area contributed by atoms with E-state index in [9.17, 15) is 14.0 Å². The van der Waals surface area contributed by atoms with Gasteiger partial charge in [-0.3, -0.25) is 9.59 Å². The fourth-order valence-corrected chi connectivity index (χ4v) is 5.32. The highest BCUT2D eigenvalue weighted by molar-refractivity contribution is 6.53. The van der Waals surface area contributed by atoms with Gasteiger partial charge in [-0.05, 0) is 72.1 Å². The third-order valence-corrected chi connectivity index (χ3v) is 7.06. The first-order valence-corrected chi connectivity index (χ1v) is 12.0. The van der Waals surface area contributed by atoms with Gasteiger partial charge in [-0.15, -0.1) is 23.2 Å². The molecule has 4 rings (SSSR count). The van der Waals surface area contributed by atoms with Gasteiger partial charge < -0.3 is 10.6 Å². The Morgan fingerprint density at radius 3 is 2.15 bits per heavy atom. The molecule has 1 fully saturated rings. The molecule has 0 heterocycles. The number of amides is 2. The zero-order valence-corrected chi connectivity index (χ0v) is 20.9. The second-order valence-electron chi connectivity index (χ2n) is 8.01. The molecule has 1 aliphatic carbocycles. The number of carbonyl (C=O) groups is 2. The van der Waals surface area contributed by atoms with Crippen LogP contribution in [0.2, 0.25) is 10.0 Å². The summed E-state index contributed by atoms with van der Waals surface area (Å²) in [7, 11) is 0. The predicted molar refractivity (Wildman–Crippen MR) is 136 cm³/mol. The lowest BCUT2D eigenvalue weighted by molar-refractivity contribution is -0.117. The first-order chi connectivity index (χ1) is 16.1. The summed E-state index contributed by atoms with van der Waals surface area (Å²) < 4.78 is 11.8. The number of hydrogen-bond donors (Lipinski definition) is 2. The molecule has 176 valence electrons. The van der Waals surface area contributed by atoms with E-state index in [0.717, 1.165) is 5.56 Å². The molecule has 2 N–H and O–H groups in total. The van der Waals surface area contributed by atoms with Crippen molar-refractivity contribution in [1.82, 2.24) is 0 Å². The monoisotopic (exact) mass is 538 g/mol. The van der Waals surface area contributed by atoms with Crippen molar-refractivity contribution in [2.24, 2.45) is 5.92 Å². The summed E-state index contributed by atoms with van der Waals surface area (Å²) >= 11 is 25.0. The number of anilines is 2. The maximum absolute atomic E-state index is 13.2. The van der Waals surface area contributed by atoms with Crippen molar-refractivity contribution in [1.29, 1.82) is 0 Å². The summed E-state index contributed by atoms with van der Waals surface area (Å²) in [5.41, 5.74) is 2.73. The Morgan fingerprint density at radius 1 is 0.912 bits per heavy atom. The molecule has 0 unspecified atom stereocenters. The number of rotatable bonds is 6. The van der Waals surface area contributed by atoms with Crippen LogP contribution in [0.15, 0.2) is 60.7 Å². The van der Waals surface area contributed by atoms with Crippen LogP contribution in [-0.2, 0) is 11.2 Å². The number of halogens is 5. The molecule has 0 radical (unpaired) electrons. The molecule has 0 spiro atoms. The summed E-state index contributed by atoms with van der Waals surface area (Å²) in [5, 5.41) is 6.39. The Labute approximate surface area is 216 Å². The van der Waals surface area contributed by atoms with Crippen LogP contribution < -0.4 is 10.6 Å². The van der Waals surface area contributed by atoms with Gasteiger partial charge >= 0.3 is 0 Å². The average molecular weight is 540 g/mol. The van der Waals surface area contributed by atoms with E-state index in [1.165, 1.54) is 24.3 Å². The Balaban J connectivity index is 1.53. The van der Waals surface area contributed by atoms with Gasteiger partial charge in [0, 0.05) is 32.9 Å². The van der Waals surface area contributed by atoms with E-state index in [2.05, 4.69) is 10.6 Å². The largest absolute Gasteiger partial charge is 0.326 e. The van der Waals surface area contributed by atoms with Gasteiger partial charge in [0.05, 0.1) is 5.92 Å². The third-order valence-electron chi connectivity index (χ3n) is 5.69. The van der Waals surface area contributed by atoms with E-state index in [1.807, 2.05) is 6.92 Å². The quantitative estimate of drug-likeness (QED) is 0.319. The van der Waals surface area contributed by atoms with Crippen LogP contribution in [0.3, 0.4) is 0 Å². The van der Waals surface area contributed by atoms with Crippen molar-refractivity contribution in [3.63, 3.8) is 0 Å². The summed E-state index contributed by atoms with van der Waals surface area (Å²) in [6, 6.07) is 15.5. The maximum Gasteiger partial charge on any atom is 0.256 e. The fraction of sp³-hybridized carbons (Fsp3) is 0.200. The number of hydrogen-bond acceptors (Lipinski definition) is 2. The van der Waals surface area contributed by atoms with E-state index in [-0.39, 0.29) is 11.8 Å². The molecule has 2 amide bonds.